The Morgan fingerprint density at radius 2 is 1.55 bits per heavy atom. The maximum Gasteiger partial charge on any atom is 0.0775 e. The van der Waals surface area contributed by atoms with Crippen LogP contribution in [0.25, 0.3) is 0 Å². The van der Waals surface area contributed by atoms with Gasteiger partial charge in [-0.3, -0.25) is 0 Å². The van der Waals surface area contributed by atoms with Gasteiger partial charge in [0.05, 0.1) is 6.10 Å². The van der Waals surface area contributed by atoms with Gasteiger partial charge in [-0.1, -0.05) is 54.6 Å². The second-order valence-electron chi connectivity index (χ2n) is 5.57. The van der Waals surface area contributed by atoms with E-state index in [-0.39, 0.29) is 5.92 Å². The molecule has 0 fully saturated rings. The summed E-state index contributed by atoms with van der Waals surface area (Å²) in [7, 11) is 3.98. The molecule has 2 nitrogen and oxygen atoms in total. The van der Waals surface area contributed by atoms with E-state index in [0.717, 1.165) is 5.56 Å². The molecule has 0 aliphatic rings. The smallest absolute Gasteiger partial charge is 0.0775 e. The van der Waals surface area contributed by atoms with E-state index in [9.17, 15) is 5.11 Å². The molecular weight excluding hydrogens is 246 g/mol. The zero-order valence-electron chi connectivity index (χ0n) is 12.5. The summed E-state index contributed by atoms with van der Waals surface area (Å²) in [6.07, 6.45) is -0.423. The van der Waals surface area contributed by atoms with Gasteiger partial charge in [0.1, 0.15) is 0 Å². The van der Waals surface area contributed by atoms with Gasteiger partial charge in [0.15, 0.2) is 0 Å². The van der Waals surface area contributed by atoms with Crippen molar-refractivity contribution in [1.29, 1.82) is 0 Å². The largest absolute Gasteiger partial charge is 0.391 e. The number of likely N-dealkylation sites (N-methyl/N-ethyl adjacent to an activating group) is 1. The van der Waals surface area contributed by atoms with Crippen LogP contribution in [0, 0.1) is 6.92 Å². The molecule has 1 N–H and O–H groups in total. The van der Waals surface area contributed by atoms with Crippen molar-refractivity contribution in [1.82, 2.24) is 4.90 Å². The molecule has 106 valence electrons. The Kier molecular flexibility index (Phi) is 4.94. The van der Waals surface area contributed by atoms with Crippen molar-refractivity contribution in [3.8, 4) is 0 Å². The molecule has 0 unspecified atom stereocenters. The first kappa shape index (κ1) is 14.8. The molecule has 20 heavy (non-hydrogen) atoms. The molecule has 2 heteroatoms. The topological polar surface area (TPSA) is 23.5 Å². The number of benzene rings is 2. The van der Waals surface area contributed by atoms with Gasteiger partial charge in [-0.15, -0.1) is 0 Å². The second-order valence-corrected chi connectivity index (χ2v) is 5.57. The van der Waals surface area contributed by atoms with Gasteiger partial charge >= 0.3 is 0 Å². The molecule has 0 amide bonds. The van der Waals surface area contributed by atoms with E-state index in [1.807, 2.05) is 49.3 Å². The summed E-state index contributed by atoms with van der Waals surface area (Å²) in [6.45, 7) is 2.75. The minimum absolute atomic E-state index is 0.0137. The number of nitrogens with zero attached hydrogens (tertiary/aromatic N) is 1. The lowest BCUT2D eigenvalue weighted by molar-refractivity contribution is 0.121. The minimum Gasteiger partial charge on any atom is -0.391 e. The van der Waals surface area contributed by atoms with Crippen molar-refractivity contribution < 1.29 is 5.11 Å². The van der Waals surface area contributed by atoms with Gasteiger partial charge in [0.2, 0.25) is 0 Å². The number of aliphatic hydroxyl groups excluding tert-OH is 1. The number of aliphatic hydroxyl groups is 1. The zero-order valence-corrected chi connectivity index (χ0v) is 12.5. The van der Waals surface area contributed by atoms with Gasteiger partial charge in [0.25, 0.3) is 0 Å². The lowest BCUT2D eigenvalue weighted by Crippen LogP contribution is -2.32. The molecule has 2 atom stereocenters. The maximum absolute atomic E-state index is 10.7. The van der Waals surface area contributed by atoms with E-state index in [4.69, 9.17) is 0 Å². The number of rotatable bonds is 5. The fraction of sp³-hybridized carbons (Fsp3) is 0.333. The Bertz CT molecular complexity index is 536. The SMILES string of the molecule is Cc1ccccc1[C@H](c1ccccc1)[C@@H](O)CN(C)C. The highest BCUT2D eigenvalue weighted by Crippen LogP contribution is 2.30. The molecule has 0 radical (unpaired) electrons. The van der Waals surface area contributed by atoms with Crippen LogP contribution < -0.4 is 0 Å². The Balaban J connectivity index is 2.42. The van der Waals surface area contributed by atoms with Crippen molar-refractivity contribution in [3.63, 3.8) is 0 Å². The molecule has 0 aliphatic heterocycles. The molecule has 0 aromatic heterocycles. The van der Waals surface area contributed by atoms with Crippen LogP contribution >= 0.6 is 0 Å². The van der Waals surface area contributed by atoms with Gasteiger partial charge in [-0.05, 0) is 37.7 Å². The predicted octanol–water partition coefficient (Wildman–Crippen LogP) is 3.05. The van der Waals surface area contributed by atoms with Crippen LogP contribution in [-0.4, -0.2) is 36.8 Å². The summed E-state index contributed by atoms with van der Waals surface area (Å²) < 4.78 is 0. The highest BCUT2D eigenvalue weighted by atomic mass is 16.3. The van der Waals surface area contributed by atoms with E-state index in [2.05, 4.69) is 31.2 Å². The molecule has 2 rings (SSSR count). The fourth-order valence-electron chi connectivity index (χ4n) is 2.68. The molecule has 0 aliphatic carbocycles. The Morgan fingerprint density at radius 1 is 0.950 bits per heavy atom. The highest BCUT2D eigenvalue weighted by molar-refractivity contribution is 5.38. The molecule has 2 aromatic rings. The van der Waals surface area contributed by atoms with Crippen molar-refractivity contribution in [2.24, 2.45) is 0 Å². The quantitative estimate of drug-likeness (QED) is 0.902. The van der Waals surface area contributed by atoms with Gasteiger partial charge in [-0.2, -0.15) is 0 Å². The molecule has 0 saturated carbocycles. The maximum atomic E-state index is 10.7. The first-order valence-electron chi connectivity index (χ1n) is 7.03. The van der Waals surface area contributed by atoms with Crippen LogP contribution in [0.5, 0.6) is 0 Å². The summed E-state index contributed by atoms with van der Waals surface area (Å²) in [4.78, 5) is 2.03. The first-order chi connectivity index (χ1) is 9.59. The summed E-state index contributed by atoms with van der Waals surface area (Å²) in [5.41, 5.74) is 3.59. The standard InChI is InChI=1S/C18H23NO/c1-14-9-7-8-12-16(14)18(17(20)13-19(2)3)15-10-5-4-6-11-15/h4-12,17-18,20H,13H2,1-3H3/t17-,18-/m0/s1. The highest BCUT2D eigenvalue weighted by Gasteiger charge is 2.24. The van der Waals surface area contributed by atoms with Gasteiger partial charge in [0, 0.05) is 12.5 Å². The number of aryl methyl sites for hydroxylation is 1. The van der Waals surface area contributed by atoms with Crippen LogP contribution in [0.1, 0.15) is 22.6 Å². The Hall–Kier alpha value is -1.64. The molecular formula is C18H23NO. The third kappa shape index (κ3) is 3.47. The summed E-state index contributed by atoms with van der Waals surface area (Å²) in [5, 5.41) is 10.7. The summed E-state index contributed by atoms with van der Waals surface area (Å²) in [5.74, 6) is 0.0137. The van der Waals surface area contributed by atoms with Crippen LogP contribution in [0.3, 0.4) is 0 Å². The third-order valence-corrected chi connectivity index (χ3v) is 3.62. The van der Waals surface area contributed by atoms with E-state index in [1.165, 1.54) is 11.1 Å². The molecule has 2 aromatic carbocycles. The predicted molar refractivity (Wildman–Crippen MR) is 84.0 cm³/mol. The van der Waals surface area contributed by atoms with E-state index in [0.29, 0.717) is 6.54 Å². The fourth-order valence-corrected chi connectivity index (χ4v) is 2.68. The van der Waals surface area contributed by atoms with Crippen LogP contribution in [0.4, 0.5) is 0 Å². The molecule has 0 saturated heterocycles. The summed E-state index contributed by atoms with van der Waals surface area (Å²) in [6, 6.07) is 18.6. The third-order valence-electron chi connectivity index (χ3n) is 3.62. The van der Waals surface area contributed by atoms with Crippen LogP contribution in [0.15, 0.2) is 54.6 Å². The minimum atomic E-state index is -0.423. The normalized spacial score (nSPS) is 14.2. The zero-order chi connectivity index (χ0) is 14.5. The first-order valence-corrected chi connectivity index (χ1v) is 7.03. The van der Waals surface area contributed by atoms with Crippen molar-refractivity contribution >= 4 is 0 Å². The van der Waals surface area contributed by atoms with E-state index >= 15 is 0 Å². The van der Waals surface area contributed by atoms with Gasteiger partial charge < -0.3 is 10.0 Å². The average molecular weight is 269 g/mol. The monoisotopic (exact) mass is 269 g/mol. The number of hydrogen-bond acceptors (Lipinski definition) is 2. The van der Waals surface area contributed by atoms with Crippen molar-refractivity contribution in [2.75, 3.05) is 20.6 Å². The van der Waals surface area contributed by atoms with Crippen LogP contribution in [-0.2, 0) is 0 Å². The Morgan fingerprint density at radius 3 is 2.15 bits per heavy atom. The van der Waals surface area contributed by atoms with Crippen molar-refractivity contribution in [3.05, 3.63) is 71.3 Å². The van der Waals surface area contributed by atoms with E-state index in [1.54, 1.807) is 0 Å². The summed E-state index contributed by atoms with van der Waals surface area (Å²) >= 11 is 0. The van der Waals surface area contributed by atoms with E-state index < -0.39 is 6.10 Å². The molecule has 0 bridgehead atoms. The average Bonchev–Trinajstić information content (AvgIpc) is 2.42. The second kappa shape index (κ2) is 6.69. The van der Waals surface area contributed by atoms with Gasteiger partial charge in [-0.25, -0.2) is 0 Å². The van der Waals surface area contributed by atoms with Crippen LogP contribution in [0.2, 0.25) is 0 Å². The number of hydrogen-bond donors (Lipinski definition) is 1. The molecule has 0 heterocycles. The molecule has 0 spiro atoms. The Labute approximate surface area is 121 Å². The van der Waals surface area contributed by atoms with Crippen molar-refractivity contribution in [2.45, 2.75) is 18.9 Å². The lowest BCUT2D eigenvalue weighted by Gasteiger charge is -2.27. The lowest BCUT2D eigenvalue weighted by atomic mass is 9.84.